The Hall–Kier alpha value is -2.27. The van der Waals surface area contributed by atoms with Crippen molar-refractivity contribution in [1.82, 2.24) is 15.6 Å². The van der Waals surface area contributed by atoms with Crippen molar-refractivity contribution in [2.75, 3.05) is 43.0 Å². The van der Waals surface area contributed by atoms with E-state index in [1.807, 2.05) is 37.3 Å². The van der Waals surface area contributed by atoms with Gasteiger partial charge >= 0.3 is 0 Å². The second-order valence-corrected chi connectivity index (χ2v) is 7.61. The Morgan fingerprint density at radius 1 is 1.34 bits per heavy atom. The first kappa shape index (κ1) is 26.0. The molecule has 1 fully saturated rings. The van der Waals surface area contributed by atoms with Gasteiger partial charge in [-0.3, -0.25) is 4.79 Å². The fraction of sp³-hybridized carbons (Fsp3) is 0.409. The number of hydrogen-bond acceptors (Lipinski definition) is 5. The van der Waals surface area contributed by atoms with Crippen LogP contribution in [-0.2, 0) is 4.79 Å². The zero-order valence-corrected chi connectivity index (χ0v) is 21.4. The molecule has 1 aliphatic heterocycles. The highest BCUT2D eigenvalue weighted by atomic mass is 127. The molecule has 10 heteroatoms. The third kappa shape index (κ3) is 8.01. The van der Waals surface area contributed by atoms with Crippen molar-refractivity contribution < 1.29 is 9.53 Å². The average molecular weight is 573 g/mol. The third-order valence-electron chi connectivity index (χ3n) is 4.70. The van der Waals surface area contributed by atoms with Crippen molar-refractivity contribution in [3.05, 3.63) is 47.6 Å². The molecule has 0 spiro atoms. The summed E-state index contributed by atoms with van der Waals surface area (Å²) in [6.07, 6.45) is 2.74. The van der Waals surface area contributed by atoms with E-state index < -0.39 is 0 Å². The van der Waals surface area contributed by atoms with E-state index in [0.717, 1.165) is 37.8 Å². The second-order valence-electron chi connectivity index (χ2n) is 7.20. The molecule has 1 aromatic carbocycles. The molecule has 0 aliphatic carbocycles. The van der Waals surface area contributed by atoms with Crippen LogP contribution >= 0.6 is 35.6 Å². The van der Waals surface area contributed by atoms with Crippen molar-refractivity contribution >= 4 is 58.9 Å². The minimum atomic E-state index is -0.112. The maximum absolute atomic E-state index is 11.2. The Balaban J connectivity index is 0.00000363. The number of anilines is 2. The molecule has 3 N–H and O–H groups in total. The molecule has 1 amide bonds. The van der Waals surface area contributed by atoms with Crippen molar-refractivity contribution in [2.24, 2.45) is 4.99 Å². The van der Waals surface area contributed by atoms with Crippen LogP contribution in [0.15, 0.2) is 47.6 Å². The van der Waals surface area contributed by atoms with Gasteiger partial charge < -0.3 is 25.6 Å². The van der Waals surface area contributed by atoms with E-state index in [1.165, 1.54) is 6.92 Å². The van der Waals surface area contributed by atoms with Crippen LogP contribution in [0.5, 0.6) is 5.75 Å². The highest BCUT2D eigenvalue weighted by Gasteiger charge is 2.25. The maximum Gasteiger partial charge on any atom is 0.221 e. The highest BCUT2D eigenvalue weighted by molar-refractivity contribution is 14.0. The number of guanidine groups is 1. The quantitative estimate of drug-likeness (QED) is 0.194. The number of amides is 1. The predicted molar refractivity (Wildman–Crippen MR) is 141 cm³/mol. The van der Waals surface area contributed by atoms with Gasteiger partial charge in [0.15, 0.2) is 5.96 Å². The molecule has 0 radical (unpaired) electrons. The maximum atomic E-state index is 11.2. The summed E-state index contributed by atoms with van der Waals surface area (Å²) < 4.78 is 5.77. The number of nitrogens with one attached hydrogen (secondary N) is 3. The zero-order valence-electron chi connectivity index (χ0n) is 18.3. The first-order valence-corrected chi connectivity index (χ1v) is 10.8. The van der Waals surface area contributed by atoms with Crippen LogP contribution < -0.4 is 25.6 Å². The molecule has 2 heterocycles. The fourth-order valence-corrected chi connectivity index (χ4v) is 3.62. The first-order valence-electron chi connectivity index (χ1n) is 10.5. The lowest BCUT2D eigenvalue weighted by Crippen LogP contribution is -2.44. The van der Waals surface area contributed by atoms with E-state index in [-0.39, 0.29) is 35.9 Å². The van der Waals surface area contributed by atoms with Gasteiger partial charge in [0, 0.05) is 50.6 Å². The topological polar surface area (TPSA) is 90.9 Å². The van der Waals surface area contributed by atoms with Crippen LogP contribution in [0, 0.1) is 0 Å². The molecule has 0 bridgehead atoms. The average Bonchev–Trinajstić information content (AvgIpc) is 3.19. The standard InChI is InChI=1S/C22H29ClN6O2.HI/c1-3-24-22(26-11-13-31-19-7-4-6-17(14-19)27-16(2)30)28-18-9-12-29(15-18)21-20(23)8-5-10-25-21;/h4-8,10,14,18H,3,9,11-13,15H2,1-2H3,(H,27,30)(H2,24,26,28);1H. The van der Waals surface area contributed by atoms with Gasteiger partial charge in [-0.2, -0.15) is 0 Å². The van der Waals surface area contributed by atoms with Gasteiger partial charge in [-0.05, 0) is 37.6 Å². The first-order chi connectivity index (χ1) is 15.0. The lowest BCUT2D eigenvalue weighted by Gasteiger charge is -2.20. The highest BCUT2D eigenvalue weighted by Crippen LogP contribution is 2.25. The lowest BCUT2D eigenvalue weighted by atomic mass is 10.3. The summed E-state index contributed by atoms with van der Waals surface area (Å²) in [5.41, 5.74) is 0.710. The minimum absolute atomic E-state index is 0. The van der Waals surface area contributed by atoms with E-state index in [2.05, 4.69) is 30.8 Å². The molecular formula is C22H30ClIN6O2. The van der Waals surface area contributed by atoms with E-state index in [0.29, 0.717) is 29.6 Å². The molecule has 2 aromatic rings. The van der Waals surface area contributed by atoms with Crippen molar-refractivity contribution in [3.8, 4) is 5.75 Å². The van der Waals surface area contributed by atoms with Gasteiger partial charge in [-0.25, -0.2) is 9.98 Å². The van der Waals surface area contributed by atoms with Gasteiger partial charge in [0.05, 0.1) is 11.6 Å². The van der Waals surface area contributed by atoms with Crippen LogP contribution in [0.1, 0.15) is 20.3 Å². The largest absolute Gasteiger partial charge is 0.492 e. The van der Waals surface area contributed by atoms with Gasteiger partial charge in [-0.1, -0.05) is 17.7 Å². The van der Waals surface area contributed by atoms with Crippen molar-refractivity contribution in [3.63, 3.8) is 0 Å². The predicted octanol–water partition coefficient (Wildman–Crippen LogP) is 3.52. The van der Waals surface area contributed by atoms with E-state index in [1.54, 1.807) is 12.3 Å². The lowest BCUT2D eigenvalue weighted by molar-refractivity contribution is -0.114. The van der Waals surface area contributed by atoms with E-state index >= 15 is 0 Å². The second kappa shape index (κ2) is 13.3. The minimum Gasteiger partial charge on any atom is -0.492 e. The van der Waals surface area contributed by atoms with Gasteiger partial charge in [-0.15, -0.1) is 24.0 Å². The SMILES string of the molecule is CCNC(=NCCOc1cccc(NC(C)=O)c1)NC1CCN(c2ncccc2Cl)C1.I. The number of ether oxygens (including phenoxy) is 1. The monoisotopic (exact) mass is 572 g/mol. The van der Waals surface area contributed by atoms with Gasteiger partial charge in [0.25, 0.3) is 0 Å². The molecule has 1 aliphatic rings. The molecule has 1 saturated heterocycles. The summed E-state index contributed by atoms with van der Waals surface area (Å²) in [4.78, 5) is 22.4. The number of carbonyl (C=O) groups excluding carboxylic acids is 1. The van der Waals surface area contributed by atoms with Crippen LogP contribution in [0.25, 0.3) is 0 Å². The number of aliphatic imine (C=N–C) groups is 1. The summed E-state index contributed by atoms with van der Waals surface area (Å²) in [7, 11) is 0. The number of rotatable bonds is 8. The number of benzene rings is 1. The molecule has 0 saturated carbocycles. The number of halogens is 2. The van der Waals surface area contributed by atoms with Crippen LogP contribution in [-0.4, -0.2) is 55.7 Å². The Labute approximate surface area is 211 Å². The molecule has 174 valence electrons. The fourth-order valence-electron chi connectivity index (χ4n) is 3.38. The number of hydrogen-bond donors (Lipinski definition) is 3. The third-order valence-corrected chi connectivity index (χ3v) is 4.99. The molecule has 3 rings (SSSR count). The number of carbonyl (C=O) groups is 1. The van der Waals surface area contributed by atoms with Crippen LogP contribution in [0.4, 0.5) is 11.5 Å². The van der Waals surface area contributed by atoms with Crippen LogP contribution in [0.3, 0.4) is 0 Å². The Morgan fingerprint density at radius 2 is 2.19 bits per heavy atom. The van der Waals surface area contributed by atoms with Crippen molar-refractivity contribution in [2.45, 2.75) is 26.3 Å². The summed E-state index contributed by atoms with van der Waals surface area (Å²) in [6, 6.07) is 11.3. The van der Waals surface area contributed by atoms with E-state index in [9.17, 15) is 4.79 Å². The Bertz CT molecular complexity index is 913. The molecule has 32 heavy (non-hydrogen) atoms. The summed E-state index contributed by atoms with van der Waals surface area (Å²) >= 11 is 6.28. The molecule has 1 aromatic heterocycles. The van der Waals surface area contributed by atoms with Crippen LogP contribution in [0.2, 0.25) is 5.02 Å². The molecule has 1 unspecified atom stereocenters. The molecular weight excluding hydrogens is 543 g/mol. The zero-order chi connectivity index (χ0) is 22.1. The Kier molecular flexibility index (Phi) is 10.8. The number of pyridine rings is 1. The van der Waals surface area contributed by atoms with Crippen molar-refractivity contribution in [1.29, 1.82) is 0 Å². The number of nitrogens with zero attached hydrogens (tertiary/aromatic N) is 3. The molecule has 8 nitrogen and oxygen atoms in total. The summed E-state index contributed by atoms with van der Waals surface area (Å²) in [5.74, 6) is 2.17. The summed E-state index contributed by atoms with van der Waals surface area (Å²) in [5, 5.41) is 10.2. The van der Waals surface area contributed by atoms with Gasteiger partial charge in [0.2, 0.25) is 5.91 Å². The Morgan fingerprint density at radius 3 is 2.94 bits per heavy atom. The molecule has 1 atom stereocenters. The summed E-state index contributed by atoms with van der Waals surface area (Å²) in [6.45, 7) is 6.92. The smallest absolute Gasteiger partial charge is 0.221 e. The van der Waals surface area contributed by atoms with E-state index in [4.69, 9.17) is 16.3 Å². The number of aromatic nitrogens is 1. The van der Waals surface area contributed by atoms with Gasteiger partial charge in [0.1, 0.15) is 18.2 Å². The normalized spacial score (nSPS) is 15.7.